The number of allylic oxidation sites excluding steroid dienone is 2. The third kappa shape index (κ3) is 2.97. The molecule has 0 aromatic carbocycles. The van der Waals surface area contributed by atoms with Crippen molar-refractivity contribution >= 4 is 23.5 Å². The molecule has 5 saturated carbocycles. The molecule has 0 heterocycles. The second-order valence-corrected chi connectivity index (χ2v) is 11.4. The molecule has 6 aliphatic rings. The van der Waals surface area contributed by atoms with Crippen LogP contribution < -0.4 is 0 Å². The number of ether oxygens (including phenoxy) is 2. The number of carbonyl (C=O) groups excluding carboxylic acids is 4. The minimum absolute atomic E-state index is 0.0103. The van der Waals surface area contributed by atoms with Crippen molar-refractivity contribution in [3.63, 3.8) is 0 Å². The number of ketones is 2. The van der Waals surface area contributed by atoms with Gasteiger partial charge < -0.3 is 9.47 Å². The lowest BCUT2D eigenvalue weighted by Gasteiger charge is -2.34. The van der Waals surface area contributed by atoms with Gasteiger partial charge in [-0.3, -0.25) is 19.2 Å². The number of hydrogen-bond donors (Lipinski definition) is 0. The zero-order valence-corrected chi connectivity index (χ0v) is 18.7. The SMILES string of the molecule is CC1(OC(=O)C2CCC(OC(=O)C3CC4C(=O)C3C3C5C=CC(C5=O)C43)C2)CCCCC1. The fraction of sp³-hybridized carbons (Fsp3) is 0.769. The quantitative estimate of drug-likeness (QED) is 0.378. The van der Waals surface area contributed by atoms with Gasteiger partial charge in [0.15, 0.2) is 0 Å². The predicted octanol–water partition coefficient (Wildman–Crippen LogP) is 3.42. The van der Waals surface area contributed by atoms with E-state index in [2.05, 4.69) is 0 Å². The van der Waals surface area contributed by atoms with Gasteiger partial charge in [-0.1, -0.05) is 18.6 Å². The van der Waals surface area contributed by atoms with Crippen LogP contribution in [0, 0.1) is 47.3 Å². The fourth-order valence-electron chi connectivity index (χ4n) is 8.02. The lowest BCUT2D eigenvalue weighted by Crippen LogP contribution is -2.37. The molecule has 172 valence electrons. The van der Waals surface area contributed by atoms with Crippen LogP contribution in [0.15, 0.2) is 12.2 Å². The van der Waals surface area contributed by atoms with E-state index in [0.717, 1.165) is 25.7 Å². The zero-order valence-electron chi connectivity index (χ0n) is 18.7. The molecule has 0 aromatic heterocycles. The highest BCUT2D eigenvalue weighted by atomic mass is 16.6. The molecule has 0 aromatic rings. The molecule has 0 amide bonds. The number of rotatable bonds is 4. The summed E-state index contributed by atoms with van der Waals surface area (Å²) < 4.78 is 11.7. The van der Waals surface area contributed by atoms with Crippen molar-refractivity contribution in [2.45, 2.75) is 76.4 Å². The Kier molecular flexibility index (Phi) is 4.68. The van der Waals surface area contributed by atoms with Crippen LogP contribution >= 0.6 is 0 Å². The molecule has 0 radical (unpaired) electrons. The molecule has 6 heteroatoms. The number of hydrogen-bond acceptors (Lipinski definition) is 6. The first-order chi connectivity index (χ1) is 15.4. The van der Waals surface area contributed by atoms with Crippen LogP contribution in [-0.4, -0.2) is 35.2 Å². The summed E-state index contributed by atoms with van der Waals surface area (Å²) in [5, 5.41) is 0. The molecule has 6 aliphatic carbocycles. The molecule has 9 unspecified atom stereocenters. The van der Waals surface area contributed by atoms with Crippen molar-refractivity contribution in [1.29, 1.82) is 0 Å². The minimum Gasteiger partial charge on any atom is -0.462 e. The fourth-order valence-corrected chi connectivity index (χ4v) is 8.02. The monoisotopic (exact) mass is 440 g/mol. The topological polar surface area (TPSA) is 86.7 Å². The van der Waals surface area contributed by atoms with E-state index in [0.29, 0.717) is 25.7 Å². The van der Waals surface area contributed by atoms with Crippen molar-refractivity contribution in [3.05, 3.63) is 12.2 Å². The third-order valence-corrected chi connectivity index (χ3v) is 9.53. The molecule has 0 N–H and O–H groups in total. The summed E-state index contributed by atoms with van der Waals surface area (Å²) in [6, 6.07) is 0. The molecule has 6 rings (SSSR count). The van der Waals surface area contributed by atoms with Gasteiger partial charge in [-0.15, -0.1) is 0 Å². The molecular formula is C26H32O6. The Hall–Kier alpha value is -1.98. The van der Waals surface area contributed by atoms with Crippen LogP contribution in [0.1, 0.15) is 64.7 Å². The van der Waals surface area contributed by atoms with E-state index in [-0.39, 0.29) is 76.6 Å². The van der Waals surface area contributed by atoms with Crippen molar-refractivity contribution in [2.75, 3.05) is 0 Å². The molecule has 5 fully saturated rings. The van der Waals surface area contributed by atoms with Gasteiger partial charge in [-0.05, 0) is 70.1 Å². The van der Waals surface area contributed by atoms with Gasteiger partial charge in [0.05, 0.1) is 11.8 Å². The lowest BCUT2D eigenvalue weighted by atomic mass is 9.69. The smallest absolute Gasteiger partial charge is 0.309 e. The van der Waals surface area contributed by atoms with Gasteiger partial charge in [0.2, 0.25) is 0 Å². The number of esters is 2. The zero-order chi connectivity index (χ0) is 22.2. The van der Waals surface area contributed by atoms with Crippen molar-refractivity contribution in [3.8, 4) is 0 Å². The highest BCUT2D eigenvalue weighted by Crippen LogP contribution is 2.64. The van der Waals surface area contributed by atoms with Gasteiger partial charge in [-0.2, -0.15) is 0 Å². The molecule has 32 heavy (non-hydrogen) atoms. The van der Waals surface area contributed by atoms with Crippen molar-refractivity contribution in [2.24, 2.45) is 47.3 Å². The first-order valence-corrected chi connectivity index (χ1v) is 12.6. The maximum Gasteiger partial charge on any atom is 0.309 e. The lowest BCUT2D eigenvalue weighted by molar-refractivity contribution is -0.167. The van der Waals surface area contributed by atoms with E-state index >= 15 is 0 Å². The number of fused-ring (bicyclic) bond motifs is 9. The molecule has 0 aliphatic heterocycles. The second-order valence-electron chi connectivity index (χ2n) is 11.4. The second kappa shape index (κ2) is 7.26. The minimum atomic E-state index is -0.429. The highest BCUT2D eigenvalue weighted by molar-refractivity contribution is 6.01. The van der Waals surface area contributed by atoms with E-state index in [1.807, 2.05) is 19.1 Å². The third-order valence-electron chi connectivity index (χ3n) is 9.53. The van der Waals surface area contributed by atoms with E-state index in [1.54, 1.807) is 0 Å². The molecule has 0 spiro atoms. The predicted molar refractivity (Wildman–Crippen MR) is 113 cm³/mol. The van der Waals surface area contributed by atoms with Gasteiger partial charge in [0, 0.05) is 23.7 Å². The van der Waals surface area contributed by atoms with Crippen LogP contribution in [0.5, 0.6) is 0 Å². The Morgan fingerprint density at radius 3 is 2.38 bits per heavy atom. The number of carbonyl (C=O) groups is 4. The highest BCUT2D eigenvalue weighted by Gasteiger charge is 2.69. The van der Waals surface area contributed by atoms with E-state index in [1.165, 1.54) is 6.42 Å². The van der Waals surface area contributed by atoms with Crippen LogP contribution in [0.25, 0.3) is 0 Å². The summed E-state index contributed by atoms with van der Waals surface area (Å²) >= 11 is 0. The summed E-state index contributed by atoms with van der Waals surface area (Å²) in [4.78, 5) is 51.2. The molecule has 0 saturated heterocycles. The van der Waals surface area contributed by atoms with Gasteiger partial charge in [0.1, 0.15) is 23.3 Å². The van der Waals surface area contributed by atoms with Crippen LogP contribution in [0.2, 0.25) is 0 Å². The van der Waals surface area contributed by atoms with Crippen molar-refractivity contribution in [1.82, 2.24) is 0 Å². The van der Waals surface area contributed by atoms with Crippen LogP contribution in [0.4, 0.5) is 0 Å². The van der Waals surface area contributed by atoms with Gasteiger partial charge >= 0.3 is 11.9 Å². The molecule has 4 bridgehead atoms. The molecule has 6 nitrogen and oxygen atoms in total. The van der Waals surface area contributed by atoms with E-state index < -0.39 is 5.92 Å². The first-order valence-electron chi connectivity index (χ1n) is 12.6. The Bertz CT molecular complexity index is 898. The van der Waals surface area contributed by atoms with Gasteiger partial charge in [-0.25, -0.2) is 0 Å². The van der Waals surface area contributed by atoms with Crippen molar-refractivity contribution < 1.29 is 28.7 Å². The average molecular weight is 441 g/mol. The summed E-state index contributed by atoms with van der Waals surface area (Å²) in [7, 11) is 0. The first kappa shape index (κ1) is 20.6. The Morgan fingerprint density at radius 2 is 1.62 bits per heavy atom. The number of Topliss-reactive ketones (excluding diaryl/α,β-unsaturated/α-hetero) is 2. The normalized spacial score (nSPS) is 45.3. The summed E-state index contributed by atoms with van der Waals surface area (Å²) in [6.45, 7) is 2.03. The Labute approximate surface area is 188 Å². The Balaban J connectivity index is 1.06. The summed E-state index contributed by atoms with van der Waals surface area (Å²) in [5.74, 6) is -1.45. The maximum atomic E-state index is 13.1. The standard InChI is InChI=1S/C26H32O6/c1-26(9-3-2-4-10-26)32-24(29)13-5-6-14(11-13)31-25(30)18-12-17-19-15-7-8-16(22(15)27)20(19)21(18)23(17)28/h7-8,13-21H,2-6,9-12H2,1H3. The Morgan fingerprint density at radius 1 is 0.906 bits per heavy atom. The summed E-state index contributed by atoms with van der Waals surface area (Å²) in [6.07, 6.45) is 11.2. The van der Waals surface area contributed by atoms with E-state index in [9.17, 15) is 19.2 Å². The summed E-state index contributed by atoms with van der Waals surface area (Å²) in [5.41, 5.74) is -0.351. The largest absolute Gasteiger partial charge is 0.462 e. The van der Waals surface area contributed by atoms with E-state index in [4.69, 9.17) is 9.47 Å². The van der Waals surface area contributed by atoms with Crippen LogP contribution in [0.3, 0.4) is 0 Å². The molecular weight excluding hydrogens is 408 g/mol. The van der Waals surface area contributed by atoms with Crippen LogP contribution in [-0.2, 0) is 28.7 Å². The molecule has 9 atom stereocenters. The maximum absolute atomic E-state index is 13.1. The average Bonchev–Trinajstić information content (AvgIpc) is 3.56. The van der Waals surface area contributed by atoms with Gasteiger partial charge in [0.25, 0.3) is 0 Å².